The Hall–Kier alpha value is -3.16. The van der Waals surface area contributed by atoms with Crippen LogP contribution in [0, 0.1) is 0 Å². The van der Waals surface area contributed by atoms with Crippen LogP contribution >= 0.6 is 11.6 Å². The van der Waals surface area contributed by atoms with Gasteiger partial charge in [0, 0.05) is 60.9 Å². The van der Waals surface area contributed by atoms with Gasteiger partial charge >= 0.3 is 0 Å². The smallest absolute Gasteiger partial charge is 0.262 e. The molecule has 2 saturated heterocycles. The Kier molecular flexibility index (Phi) is 7.68. The molecule has 7 nitrogen and oxygen atoms in total. The van der Waals surface area contributed by atoms with Gasteiger partial charge in [-0.3, -0.25) is 4.79 Å². The number of amides is 1. The fourth-order valence-corrected chi connectivity index (χ4v) is 5.19. The van der Waals surface area contributed by atoms with E-state index >= 15 is 0 Å². The molecule has 8 heteroatoms. The van der Waals surface area contributed by atoms with Crippen molar-refractivity contribution >= 4 is 29.1 Å². The highest BCUT2D eigenvalue weighted by atomic mass is 35.5. The Morgan fingerprint density at radius 1 is 1.08 bits per heavy atom. The van der Waals surface area contributed by atoms with Gasteiger partial charge in [0.15, 0.2) is 0 Å². The predicted octanol–water partition coefficient (Wildman–Crippen LogP) is 5.62. The Morgan fingerprint density at radius 3 is 2.61 bits per heavy atom. The Morgan fingerprint density at radius 2 is 1.86 bits per heavy atom. The molecule has 36 heavy (non-hydrogen) atoms. The molecule has 3 aromatic rings. The second kappa shape index (κ2) is 11.3. The lowest BCUT2D eigenvalue weighted by atomic mass is 10.0. The molecule has 0 spiro atoms. The second-order valence-electron chi connectivity index (χ2n) is 9.18. The van der Waals surface area contributed by atoms with Gasteiger partial charge in [-0.15, -0.1) is 0 Å². The Labute approximate surface area is 217 Å². The van der Waals surface area contributed by atoms with E-state index in [9.17, 15) is 4.79 Å². The molecule has 2 aliphatic heterocycles. The van der Waals surface area contributed by atoms with Gasteiger partial charge in [-0.1, -0.05) is 35.9 Å². The number of methoxy groups -OCH3 is 1. The van der Waals surface area contributed by atoms with Gasteiger partial charge in [0.25, 0.3) is 5.91 Å². The first-order valence-corrected chi connectivity index (χ1v) is 13.0. The van der Waals surface area contributed by atoms with Gasteiger partial charge in [0.1, 0.15) is 5.75 Å². The molecule has 0 atom stereocenters. The van der Waals surface area contributed by atoms with E-state index in [-0.39, 0.29) is 11.9 Å². The van der Waals surface area contributed by atoms with Crippen molar-refractivity contribution in [2.24, 2.45) is 0 Å². The van der Waals surface area contributed by atoms with Gasteiger partial charge in [-0.05, 0) is 50.3 Å². The monoisotopic (exact) mass is 506 g/mol. The lowest BCUT2D eigenvalue weighted by molar-refractivity contribution is 0.0772. The Balaban J connectivity index is 1.61. The lowest BCUT2D eigenvalue weighted by Crippen LogP contribution is -2.44. The summed E-state index contributed by atoms with van der Waals surface area (Å²) >= 11 is 6.63. The van der Waals surface area contributed by atoms with E-state index in [4.69, 9.17) is 26.1 Å². The maximum atomic E-state index is 14.3. The zero-order valence-electron chi connectivity index (χ0n) is 20.5. The number of rotatable bonds is 6. The zero-order valence-corrected chi connectivity index (χ0v) is 21.3. The summed E-state index contributed by atoms with van der Waals surface area (Å²) in [6.45, 7) is 3.04. The molecule has 2 aliphatic rings. The molecule has 0 unspecified atom stereocenters. The number of aromatic nitrogens is 2. The molecule has 0 aliphatic carbocycles. The van der Waals surface area contributed by atoms with Gasteiger partial charge in [0.05, 0.1) is 18.4 Å². The molecule has 2 fully saturated rings. The number of hydrogen-bond donors (Lipinski definition) is 0. The van der Waals surface area contributed by atoms with E-state index < -0.39 is 0 Å². The second-order valence-corrected chi connectivity index (χ2v) is 9.59. The van der Waals surface area contributed by atoms with Crippen LogP contribution in [0.15, 0.2) is 54.7 Å². The van der Waals surface area contributed by atoms with Gasteiger partial charge < -0.3 is 19.3 Å². The summed E-state index contributed by atoms with van der Waals surface area (Å²) in [5, 5.41) is 0.550. The van der Waals surface area contributed by atoms with E-state index in [1.165, 1.54) is 6.42 Å². The Bertz CT molecular complexity index is 1210. The average molecular weight is 507 g/mol. The highest BCUT2D eigenvalue weighted by molar-refractivity contribution is 6.33. The first-order valence-electron chi connectivity index (χ1n) is 12.6. The van der Waals surface area contributed by atoms with E-state index in [1.54, 1.807) is 13.3 Å². The van der Waals surface area contributed by atoms with Crippen molar-refractivity contribution in [1.82, 2.24) is 9.97 Å². The normalized spacial score (nSPS) is 16.6. The van der Waals surface area contributed by atoms with Crippen LogP contribution in [0.25, 0.3) is 11.3 Å². The minimum atomic E-state index is -0.157. The molecule has 5 rings (SSSR count). The van der Waals surface area contributed by atoms with Crippen LogP contribution in [0.1, 0.15) is 42.5 Å². The summed E-state index contributed by atoms with van der Waals surface area (Å²) in [4.78, 5) is 28.0. The molecule has 0 bridgehead atoms. The lowest BCUT2D eigenvalue weighted by Gasteiger charge is -2.35. The number of halogens is 1. The van der Waals surface area contributed by atoms with Crippen LogP contribution in [0.2, 0.25) is 5.02 Å². The van der Waals surface area contributed by atoms with E-state index in [0.717, 1.165) is 50.0 Å². The fourth-order valence-electron chi connectivity index (χ4n) is 4.96. The number of carbonyl (C=O) groups excluding carboxylic acids is 1. The third kappa shape index (κ3) is 5.18. The van der Waals surface area contributed by atoms with Crippen LogP contribution in [0.3, 0.4) is 0 Å². The summed E-state index contributed by atoms with van der Waals surface area (Å²) in [7, 11) is 1.63. The highest BCUT2D eigenvalue weighted by Crippen LogP contribution is 2.34. The molecular weight excluding hydrogens is 476 g/mol. The highest BCUT2D eigenvalue weighted by Gasteiger charge is 2.31. The predicted molar refractivity (Wildman–Crippen MR) is 142 cm³/mol. The first-order chi connectivity index (χ1) is 17.7. The summed E-state index contributed by atoms with van der Waals surface area (Å²) < 4.78 is 11.1. The largest absolute Gasteiger partial charge is 0.497 e. The van der Waals surface area contributed by atoms with Gasteiger partial charge in [-0.2, -0.15) is 0 Å². The summed E-state index contributed by atoms with van der Waals surface area (Å²) in [6, 6.07) is 15.1. The third-order valence-corrected chi connectivity index (χ3v) is 7.21. The molecule has 2 aromatic carbocycles. The van der Waals surface area contributed by atoms with Crippen LogP contribution < -0.4 is 14.5 Å². The molecule has 0 N–H and O–H groups in total. The van der Waals surface area contributed by atoms with Crippen LogP contribution in [-0.4, -0.2) is 55.3 Å². The van der Waals surface area contributed by atoms with Gasteiger partial charge in [0.2, 0.25) is 5.95 Å². The number of carbonyl (C=O) groups is 1. The van der Waals surface area contributed by atoms with Crippen molar-refractivity contribution in [3.05, 3.63) is 65.3 Å². The minimum Gasteiger partial charge on any atom is -0.497 e. The standard InChI is InChI=1S/C28H31ClN4O3/c1-35-22-9-7-8-21(18-22)33(20-12-16-36-17-13-20)27(34)24-19-30-28(32-14-5-2-6-15-32)31-26(24)23-10-3-4-11-25(23)29/h3-4,7-11,18-20H,2,5-6,12-17H2,1H3. The van der Waals surface area contributed by atoms with Crippen LogP contribution in [0.5, 0.6) is 5.75 Å². The van der Waals surface area contributed by atoms with E-state index in [1.807, 2.05) is 53.4 Å². The number of nitrogens with zero attached hydrogens (tertiary/aromatic N) is 4. The summed E-state index contributed by atoms with van der Waals surface area (Å²) in [6.07, 6.45) is 6.60. The van der Waals surface area contributed by atoms with Crippen molar-refractivity contribution in [3.8, 4) is 17.0 Å². The molecule has 188 valence electrons. The van der Waals surface area contributed by atoms with Crippen LogP contribution in [-0.2, 0) is 4.74 Å². The molecule has 1 amide bonds. The quantitative estimate of drug-likeness (QED) is 0.432. The SMILES string of the molecule is COc1cccc(N(C(=O)c2cnc(N3CCCCC3)nc2-c2ccccc2Cl)C2CCOCC2)c1. The zero-order chi connectivity index (χ0) is 24.9. The maximum absolute atomic E-state index is 14.3. The van der Waals surface area contributed by atoms with E-state index in [2.05, 4.69) is 9.88 Å². The average Bonchev–Trinajstić information content (AvgIpc) is 2.94. The van der Waals surface area contributed by atoms with Crippen molar-refractivity contribution in [2.45, 2.75) is 38.1 Å². The number of ether oxygens (including phenoxy) is 2. The van der Waals surface area contributed by atoms with Crippen LogP contribution in [0.4, 0.5) is 11.6 Å². The molecule has 1 aromatic heterocycles. The summed E-state index contributed by atoms with van der Waals surface area (Å²) in [5.74, 6) is 1.18. The first kappa shape index (κ1) is 24.5. The number of piperidine rings is 1. The van der Waals surface area contributed by atoms with Crippen molar-refractivity contribution in [3.63, 3.8) is 0 Å². The van der Waals surface area contributed by atoms with Crippen molar-refractivity contribution < 1.29 is 14.3 Å². The number of benzene rings is 2. The fraction of sp³-hybridized carbons (Fsp3) is 0.393. The number of hydrogen-bond acceptors (Lipinski definition) is 6. The molecule has 3 heterocycles. The molecule has 0 saturated carbocycles. The van der Waals surface area contributed by atoms with Crippen molar-refractivity contribution in [2.75, 3.05) is 43.2 Å². The third-order valence-electron chi connectivity index (χ3n) is 6.88. The maximum Gasteiger partial charge on any atom is 0.262 e. The van der Waals surface area contributed by atoms with Crippen molar-refractivity contribution in [1.29, 1.82) is 0 Å². The van der Waals surface area contributed by atoms with Gasteiger partial charge in [-0.25, -0.2) is 9.97 Å². The minimum absolute atomic E-state index is 0.0146. The topological polar surface area (TPSA) is 67.8 Å². The summed E-state index contributed by atoms with van der Waals surface area (Å²) in [5.41, 5.74) is 2.48. The molecular formula is C28H31ClN4O3. The molecule has 0 radical (unpaired) electrons. The number of anilines is 2. The van der Waals surface area contributed by atoms with E-state index in [0.29, 0.717) is 41.2 Å².